The second-order valence-corrected chi connectivity index (χ2v) is 8.04. The van der Waals surface area contributed by atoms with E-state index in [-0.39, 0.29) is 11.3 Å². The van der Waals surface area contributed by atoms with Gasteiger partial charge in [-0.3, -0.25) is 4.79 Å². The van der Waals surface area contributed by atoms with Gasteiger partial charge in [0.05, 0.1) is 22.5 Å². The molecule has 0 atom stereocenters. The minimum absolute atomic E-state index is 0.174. The Balaban J connectivity index is 1.86. The maximum absolute atomic E-state index is 12.8. The van der Waals surface area contributed by atoms with Crippen LogP contribution in [0.15, 0.2) is 36.5 Å². The Morgan fingerprint density at radius 1 is 1.24 bits per heavy atom. The lowest BCUT2D eigenvalue weighted by Gasteiger charge is -2.23. The predicted octanol–water partition coefficient (Wildman–Crippen LogP) is 3.20. The smallest absolute Gasteiger partial charge is 0.254 e. The Morgan fingerprint density at radius 2 is 1.88 bits per heavy atom. The molecule has 0 aliphatic heterocycles. The first-order chi connectivity index (χ1) is 11.8. The van der Waals surface area contributed by atoms with Gasteiger partial charge in [0.1, 0.15) is 0 Å². The first-order valence-electron chi connectivity index (χ1n) is 8.95. The van der Waals surface area contributed by atoms with Crippen LogP contribution >= 0.6 is 0 Å². The second-order valence-electron chi connectivity index (χ2n) is 8.04. The number of nitrogens with one attached hydrogen (secondary N) is 1. The van der Waals surface area contributed by atoms with E-state index in [1.165, 1.54) is 0 Å². The molecule has 1 aromatic heterocycles. The van der Waals surface area contributed by atoms with E-state index in [4.69, 9.17) is 0 Å². The lowest BCUT2D eigenvalue weighted by molar-refractivity contribution is 0.0449. The van der Waals surface area contributed by atoms with E-state index in [9.17, 15) is 9.90 Å². The van der Waals surface area contributed by atoms with Gasteiger partial charge in [-0.25, -0.2) is 4.68 Å². The quantitative estimate of drug-likeness (QED) is 0.897. The highest BCUT2D eigenvalue weighted by atomic mass is 16.3. The van der Waals surface area contributed by atoms with Crippen molar-refractivity contribution in [2.75, 3.05) is 6.54 Å². The van der Waals surface area contributed by atoms with Gasteiger partial charge in [0, 0.05) is 18.2 Å². The number of amides is 1. The minimum atomic E-state index is -0.757. The van der Waals surface area contributed by atoms with Crippen molar-refractivity contribution in [1.29, 1.82) is 0 Å². The largest absolute Gasteiger partial charge is 0.388 e. The topological polar surface area (TPSA) is 67.2 Å². The van der Waals surface area contributed by atoms with Gasteiger partial charge in [0.15, 0.2) is 0 Å². The summed E-state index contributed by atoms with van der Waals surface area (Å²) in [6.45, 7) is 6.44. The first kappa shape index (κ1) is 17.7. The summed E-state index contributed by atoms with van der Waals surface area (Å²) in [4.78, 5) is 12.8. The molecule has 2 N–H and O–H groups in total. The van der Waals surface area contributed by atoms with Crippen molar-refractivity contribution >= 4 is 5.91 Å². The molecule has 134 valence electrons. The zero-order chi connectivity index (χ0) is 18.1. The van der Waals surface area contributed by atoms with E-state index >= 15 is 0 Å². The van der Waals surface area contributed by atoms with Crippen LogP contribution in [0.3, 0.4) is 0 Å². The van der Waals surface area contributed by atoms with E-state index in [1.54, 1.807) is 10.9 Å². The van der Waals surface area contributed by atoms with E-state index < -0.39 is 5.60 Å². The van der Waals surface area contributed by atoms with Gasteiger partial charge in [-0.1, -0.05) is 51.8 Å². The van der Waals surface area contributed by atoms with Crippen molar-refractivity contribution in [2.45, 2.75) is 57.5 Å². The van der Waals surface area contributed by atoms with Crippen molar-refractivity contribution in [2.24, 2.45) is 0 Å². The molecular formula is C20H27N3O2. The van der Waals surface area contributed by atoms with Crippen LogP contribution in [0.5, 0.6) is 0 Å². The van der Waals surface area contributed by atoms with Crippen molar-refractivity contribution in [3.8, 4) is 5.69 Å². The van der Waals surface area contributed by atoms with Crippen molar-refractivity contribution in [1.82, 2.24) is 15.1 Å². The highest BCUT2D eigenvalue weighted by Crippen LogP contribution is 2.29. The third-order valence-electron chi connectivity index (χ3n) is 4.80. The number of benzene rings is 1. The summed E-state index contributed by atoms with van der Waals surface area (Å²) in [5, 5.41) is 18.0. The standard InChI is InChI=1S/C20H27N3O2/c1-19(2,3)17-16(13-23(22-17)15-9-5-4-6-10-15)18(24)21-14-20(25)11-7-8-12-20/h4-6,9-10,13,25H,7-8,11-12,14H2,1-3H3,(H,21,24). The molecule has 1 aliphatic rings. The van der Waals surface area contributed by atoms with Crippen LogP contribution in [0, 0.1) is 0 Å². The normalized spacial score (nSPS) is 16.8. The lowest BCUT2D eigenvalue weighted by Crippen LogP contribution is -2.41. The Kier molecular flexibility index (Phi) is 4.69. The zero-order valence-electron chi connectivity index (χ0n) is 15.2. The molecule has 0 saturated heterocycles. The third-order valence-corrected chi connectivity index (χ3v) is 4.80. The van der Waals surface area contributed by atoms with Crippen LogP contribution < -0.4 is 5.32 Å². The fraction of sp³-hybridized carbons (Fsp3) is 0.500. The number of aliphatic hydroxyl groups is 1. The molecule has 0 spiro atoms. The van der Waals surface area contributed by atoms with Gasteiger partial charge in [-0.15, -0.1) is 0 Å². The molecule has 0 bridgehead atoms. The van der Waals surface area contributed by atoms with Gasteiger partial charge in [-0.2, -0.15) is 5.10 Å². The lowest BCUT2D eigenvalue weighted by atomic mass is 9.89. The van der Waals surface area contributed by atoms with E-state index in [2.05, 4.69) is 10.4 Å². The number of aromatic nitrogens is 2. The van der Waals surface area contributed by atoms with E-state index in [0.29, 0.717) is 12.1 Å². The fourth-order valence-corrected chi connectivity index (χ4v) is 3.36. The number of hydrogen-bond donors (Lipinski definition) is 2. The van der Waals surface area contributed by atoms with Gasteiger partial charge in [-0.05, 0) is 25.0 Å². The monoisotopic (exact) mass is 341 g/mol. The van der Waals surface area contributed by atoms with Crippen LogP contribution in [0.25, 0.3) is 5.69 Å². The number of para-hydroxylation sites is 1. The average molecular weight is 341 g/mol. The summed E-state index contributed by atoms with van der Waals surface area (Å²) in [5.41, 5.74) is 1.23. The van der Waals surface area contributed by atoms with Crippen LogP contribution in [0.2, 0.25) is 0 Å². The van der Waals surface area contributed by atoms with Crippen molar-refractivity contribution in [3.05, 3.63) is 47.8 Å². The molecule has 1 heterocycles. The number of carbonyl (C=O) groups excluding carboxylic acids is 1. The highest BCUT2D eigenvalue weighted by Gasteiger charge is 2.33. The number of carbonyl (C=O) groups is 1. The summed E-state index contributed by atoms with van der Waals surface area (Å²) in [6.07, 6.45) is 5.33. The second kappa shape index (κ2) is 6.64. The number of nitrogens with zero attached hydrogens (tertiary/aromatic N) is 2. The van der Waals surface area contributed by atoms with E-state index in [1.807, 2.05) is 51.1 Å². The highest BCUT2D eigenvalue weighted by molar-refractivity contribution is 5.95. The third kappa shape index (κ3) is 3.93. The van der Waals surface area contributed by atoms with Crippen molar-refractivity contribution in [3.63, 3.8) is 0 Å². The summed E-state index contributed by atoms with van der Waals surface area (Å²) < 4.78 is 1.75. The molecule has 0 radical (unpaired) electrons. The SMILES string of the molecule is CC(C)(C)c1nn(-c2ccccc2)cc1C(=O)NCC1(O)CCCC1. The Bertz CT molecular complexity index is 738. The minimum Gasteiger partial charge on any atom is -0.388 e. The summed E-state index contributed by atoms with van der Waals surface area (Å²) >= 11 is 0. The predicted molar refractivity (Wildman–Crippen MR) is 98.0 cm³/mol. The molecule has 5 heteroatoms. The molecular weight excluding hydrogens is 314 g/mol. The number of rotatable bonds is 4. The fourth-order valence-electron chi connectivity index (χ4n) is 3.36. The molecule has 1 amide bonds. The molecule has 1 aliphatic carbocycles. The molecule has 1 fully saturated rings. The summed E-state index contributed by atoms with van der Waals surface area (Å²) in [7, 11) is 0. The average Bonchev–Trinajstić information content (AvgIpc) is 3.20. The van der Waals surface area contributed by atoms with E-state index in [0.717, 1.165) is 37.1 Å². The zero-order valence-corrected chi connectivity index (χ0v) is 15.2. The van der Waals surface area contributed by atoms with Crippen LogP contribution in [0.4, 0.5) is 0 Å². The van der Waals surface area contributed by atoms with Gasteiger partial charge in [0.2, 0.25) is 0 Å². The van der Waals surface area contributed by atoms with Gasteiger partial charge >= 0.3 is 0 Å². The Hall–Kier alpha value is -2.14. The maximum atomic E-state index is 12.8. The maximum Gasteiger partial charge on any atom is 0.254 e. The van der Waals surface area contributed by atoms with Crippen LogP contribution in [-0.2, 0) is 5.41 Å². The Labute approximate surface area is 149 Å². The summed E-state index contributed by atoms with van der Waals surface area (Å²) in [5.74, 6) is -0.174. The van der Waals surface area contributed by atoms with Gasteiger partial charge in [0.25, 0.3) is 5.91 Å². The molecule has 1 aromatic carbocycles. The Morgan fingerprint density at radius 3 is 2.48 bits per heavy atom. The molecule has 1 saturated carbocycles. The van der Waals surface area contributed by atoms with Crippen LogP contribution in [-0.4, -0.2) is 32.9 Å². The first-order valence-corrected chi connectivity index (χ1v) is 8.95. The molecule has 5 nitrogen and oxygen atoms in total. The molecule has 25 heavy (non-hydrogen) atoms. The number of hydrogen-bond acceptors (Lipinski definition) is 3. The molecule has 2 aromatic rings. The molecule has 0 unspecified atom stereocenters. The van der Waals surface area contributed by atoms with Gasteiger partial charge < -0.3 is 10.4 Å². The summed E-state index contributed by atoms with van der Waals surface area (Å²) in [6, 6.07) is 9.77. The molecule has 3 rings (SSSR count). The van der Waals surface area contributed by atoms with Crippen molar-refractivity contribution < 1.29 is 9.90 Å². The van der Waals surface area contributed by atoms with Crippen LogP contribution in [0.1, 0.15) is 62.5 Å².